The Morgan fingerprint density at radius 3 is 0.488 bits per heavy atom. The molecule has 0 saturated carbocycles. The van der Waals surface area contributed by atoms with Crippen molar-refractivity contribution in [1.82, 2.24) is 0 Å². The number of esters is 3. The van der Waals surface area contributed by atoms with Gasteiger partial charge in [0.25, 0.3) is 0 Å². The van der Waals surface area contributed by atoms with Crippen molar-refractivity contribution in [2.75, 3.05) is 13.2 Å². The maximum Gasteiger partial charge on any atom is 0.306 e. The summed E-state index contributed by atoms with van der Waals surface area (Å²) in [5.41, 5.74) is 0. The Balaban J connectivity index is 4.03. The molecule has 0 aromatic carbocycles. The molecule has 488 valence electrons. The fraction of sp³-hybridized carbons (Fsp3) is 0.961. The van der Waals surface area contributed by atoms with E-state index in [0.717, 1.165) is 57.8 Å². The summed E-state index contributed by atoms with van der Waals surface area (Å²) in [6.07, 6.45) is 86.1. The normalized spacial score (nSPS) is 11.9. The van der Waals surface area contributed by atoms with Gasteiger partial charge in [-0.2, -0.15) is 0 Å². The maximum absolute atomic E-state index is 12.9. The molecule has 0 fully saturated rings. The van der Waals surface area contributed by atoms with Crippen LogP contribution in [0.5, 0.6) is 0 Å². The highest BCUT2D eigenvalue weighted by atomic mass is 16.6. The zero-order valence-corrected chi connectivity index (χ0v) is 56.3. The van der Waals surface area contributed by atoms with Gasteiger partial charge in [0.05, 0.1) is 0 Å². The Hall–Kier alpha value is -1.59. The molecule has 0 heterocycles. The molecule has 6 nitrogen and oxygen atoms in total. The van der Waals surface area contributed by atoms with Crippen molar-refractivity contribution in [2.24, 2.45) is 0 Å². The van der Waals surface area contributed by atoms with Gasteiger partial charge in [-0.25, -0.2) is 0 Å². The van der Waals surface area contributed by atoms with Gasteiger partial charge < -0.3 is 14.2 Å². The minimum atomic E-state index is -0.763. The SMILES string of the molecule is CCCCCCCCCCCCCCCCCCCCCCCCCCCCCCCCCCC(=O)OCC(COC(=O)CCCCCCCCCCCC)OC(=O)CCCCCCCCCCCCCCCCCCCCCCCC. The molecule has 0 aliphatic carbocycles. The fourth-order valence-corrected chi connectivity index (χ4v) is 12.2. The van der Waals surface area contributed by atoms with E-state index in [2.05, 4.69) is 20.8 Å². The molecule has 0 rings (SSSR count). The number of unbranched alkanes of at least 4 members (excludes halogenated alkanes) is 61. The van der Waals surface area contributed by atoms with Gasteiger partial charge in [-0.05, 0) is 19.3 Å². The number of hydrogen-bond acceptors (Lipinski definition) is 6. The molecule has 82 heavy (non-hydrogen) atoms. The summed E-state index contributed by atoms with van der Waals surface area (Å²) in [5, 5.41) is 0. The second-order valence-corrected chi connectivity index (χ2v) is 26.3. The molecule has 0 aliphatic heterocycles. The molecule has 0 aromatic heterocycles. The van der Waals surface area contributed by atoms with Crippen molar-refractivity contribution in [1.29, 1.82) is 0 Å². The topological polar surface area (TPSA) is 78.9 Å². The Morgan fingerprint density at radius 2 is 0.329 bits per heavy atom. The minimum absolute atomic E-state index is 0.0604. The van der Waals surface area contributed by atoms with Crippen molar-refractivity contribution in [3.63, 3.8) is 0 Å². The van der Waals surface area contributed by atoms with Crippen LogP contribution in [0, 0.1) is 0 Å². The summed E-state index contributed by atoms with van der Waals surface area (Å²) < 4.78 is 17.0. The highest BCUT2D eigenvalue weighted by Gasteiger charge is 2.20. The molecule has 0 spiro atoms. The van der Waals surface area contributed by atoms with Crippen LogP contribution in [-0.4, -0.2) is 37.2 Å². The van der Waals surface area contributed by atoms with E-state index in [0.29, 0.717) is 19.3 Å². The summed E-state index contributed by atoms with van der Waals surface area (Å²) >= 11 is 0. The molecule has 1 unspecified atom stereocenters. The standard InChI is InChI=1S/C76H148O6/c1-4-7-10-13-16-19-22-24-26-28-30-32-34-35-36-37-38-39-40-41-42-43-45-46-48-50-52-54-57-60-63-66-69-75(78)81-72-73(71-80-74(77)68-65-62-59-56-21-18-15-12-9-6-3)82-76(79)70-67-64-61-58-55-53-51-49-47-44-33-31-29-27-25-23-20-17-14-11-8-5-2/h73H,4-72H2,1-3H3. The van der Waals surface area contributed by atoms with Crippen molar-refractivity contribution in [2.45, 2.75) is 457 Å². The zero-order chi connectivity index (χ0) is 59.2. The van der Waals surface area contributed by atoms with Crippen molar-refractivity contribution in [3.05, 3.63) is 0 Å². The summed E-state index contributed by atoms with van der Waals surface area (Å²) in [4.78, 5) is 38.4. The molecule has 0 aliphatic rings. The molecule has 0 aromatic rings. The van der Waals surface area contributed by atoms with Crippen LogP contribution < -0.4 is 0 Å². The third kappa shape index (κ3) is 69.2. The quantitative estimate of drug-likeness (QED) is 0.0343. The van der Waals surface area contributed by atoms with Crippen LogP contribution in [0.4, 0.5) is 0 Å². The lowest BCUT2D eigenvalue weighted by Gasteiger charge is -2.18. The van der Waals surface area contributed by atoms with Gasteiger partial charge >= 0.3 is 17.9 Å². The Morgan fingerprint density at radius 1 is 0.195 bits per heavy atom. The van der Waals surface area contributed by atoms with Gasteiger partial charge in [0.2, 0.25) is 0 Å². The van der Waals surface area contributed by atoms with E-state index in [1.54, 1.807) is 0 Å². The van der Waals surface area contributed by atoms with Crippen molar-refractivity contribution in [3.8, 4) is 0 Å². The number of carbonyl (C=O) groups excluding carboxylic acids is 3. The lowest BCUT2D eigenvalue weighted by Crippen LogP contribution is -2.30. The van der Waals surface area contributed by atoms with Crippen LogP contribution in [0.1, 0.15) is 451 Å². The number of ether oxygens (including phenoxy) is 3. The molecule has 0 amide bonds. The van der Waals surface area contributed by atoms with E-state index in [-0.39, 0.29) is 31.1 Å². The van der Waals surface area contributed by atoms with Gasteiger partial charge in [-0.15, -0.1) is 0 Å². The molecular weight excluding hydrogens is 1010 g/mol. The largest absolute Gasteiger partial charge is 0.462 e. The molecule has 1 atom stereocenters. The Kier molecular flexibility index (Phi) is 70.5. The monoisotopic (exact) mass is 1160 g/mol. The first-order chi connectivity index (χ1) is 40.5. The lowest BCUT2D eigenvalue weighted by molar-refractivity contribution is -0.167. The van der Waals surface area contributed by atoms with Crippen LogP contribution in [0.25, 0.3) is 0 Å². The highest BCUT2D eigenvalue weighted by molar-refractivity contribution is 5.71. The predicted octanol–water partition coefficient (Wildman–Crippen LogP) is 26.2. The first-order valence-electron chi connectivity index (χ1n) is 38.0. The molecule has 0 N–H and O–H groups in total. The van der Waals surface area contributed by atoms with Gasteiger partial charge in [0.15, 0.2) is 6.10 Å². The second-order valence-electron chi connectivity index (χ2n) is 26.3. The summed E-state index contributed by atoms with van der Waals surface area (Å²) in [5.74, 6) is -0.822. The van der Waals surface area contributed by atoms with Crippen molar-refractivity contribution >= 4 is 17.9 Å². The smallest absolute Gasteiger partial charge is 0.306 e. The van der Waals surface area contributed by atoms with E-state index in [1.165, 1.54) is 353 Å². The second kappa shape index (κ2) is 71.9. The zero-order valence-electron chi connectivity index (χ0n) is 56.3. The first kappa shape index (κ1) is 80.4. The van der Waals surface area contributed by atoms with E-state index < -0.39 is 6.10 Å². The van der Waals surface area contributed by atoms with Crippen LogP contribution in [-0.2, 0) is 28.6 Å². The molecule has 0 radical (unpaired) electrons. The summed E-state index contributed by atoms with van der Waals surface area (Å²) in [6, 6.07) is 0. The highest BCUT2D eigenvalue weighted by Crippen LogP contribution is 2.20. The summed E-state index contributed by atoms with van der Waals surface area (Å²) in [6.45, 7) is 6.73. The van der Waals surface area contributed by atoms with Crippen LogP contribution >= 0.6 is 0 Å². The van der Waals surface area contributed by atoms with E-state index in [9.17, 15) is 14.4 Å². The van der Waals surface area contributed by atoms with Gasteiger partial charge in [0, 0.05) is 19.3 Å². The summed E-state index contributed by atoms with van der Waals surface area (Å²) in [7, 11) is 0. The third-order valence-electron chi connectivity index (χ3n) is 17.9. The van der Waals surface area contributed by atoms with E-state index in [4.69, 9.17) is 14.2 Å². The average Bonchev–Trinajstić information content (AvgIpc) is 3.47. The maximum atomic E-state index is 12.9. The van der Waals surface area contributed by atoms with E-state index >= 15 is 0 Å². The minimum Gasteiger partial charge on any atom is -0.462 e. The molecule has 0 bridgehead atoms. The van der Waals surface area contributed by atoms with Gasteiger partial charge in [0.1, 0.15) is 13.2 Å². The average molecular weight is 1160 g/mol. The van der Waals surface area contributed by atoms with Crippen LogP contribution in [0.3, 0.4) is 0 Å². The number of carbonyl (C=O) groups is 3. The van der Waals surface area contributed by atoms with Crippen LogP contribution in [0.2, 0.25) is 0 Å². The predicted molar refractivity (Wildman–Crippen MR) is 358 cm³/mol. The molecule has 0 saturated heterocycles. The molecule has 6 heteroatoms. The fourth-order valence-electron chi connectivity index (χ4n) is 12.2. The Bertz CT molecular complexity index is 1240. The van der Waals surface area contributed by atoms with Crippen LogP contribution in [0.15, 0.2) is 0 Å². The molecular formula is C76H148O6. The van der Waals surface area contributed by atoms with Crippen molar-refractivity contribution < 1.29 is 28.6 Å². The van der Waals surface area contributed by atoms with Gasteiger partial charge in [-0.1, -0.05) is 412 Å². The number of hydrogen-bond donors (Lipinski definition) is 0. The first-order valence-corrected chi connectivity index (χ1v) is 38.0. The van der Waals surface area contributed by atoms with Gasteiger partial charge in [-0.3, -0.25) is 14.4 Å². The Labute approximate surface area is 514 Å². The van der Waals surface area contributed by atoms with E-state index in [1.807, 2.05) is 0 Å². The number of rotatable bonds is 72. The lowest BCUT2D eigenvalue weighted by atomic mass is 10.0. The third-order valence-corrected chi connectivity index (χ3v) is 17.9.